The molecule has 0 saturated carbocycles. The van der Waals surface area contributed by atoms with Crippen molar-refractivity contribution in [2.24, 2.45) is 5.92 Å². The molecule has 2 aliphatic heterocycles. The number of piperidine rings is 1. The van der Waals surface area contributed by atoms with E-state index in [0.717, 1.165) is 57.8 Å². The van der Waals surface area contributed by atoms with Crippen molar-refractivity contribution in [3.05, 3.63) is 48.0 Å². The molecule has 2 aromatic rings. The molecule has 2 saturated heterocycles. The minimum absolute atomic E-state index is 0.0274. The molecule has 1 aromatic carbocycles. The van der Waals surface area contributed by atoms with Crippen molar-refractivity contribution in [1.29, 1.82) is 0 Å². The largest absolute Gasteiger partial charge is 0.368 e. The number of carbonyl (C=O) groups excluding carboxylic acids is 1. The van der Waals surface area contributed by atoms with Gasteiger partial charge in [0, 0.05) is 57.3 Å². The van der Waals surface area contributed by atoms with Crippen LogP contribution in [0.2, 0.25) is 0 Å². The Balaban J connectivity index is 1.34. The topological polar surface area (TPSA) is 52.6 Å². The zero-order valence-corrected chi connectivity index (χ0v) is 16.2. The molecule has 0 atom stereocenters. The molecule has 7 heteroatoms. The lowest BCUT2D eigenvalue weighted by Crippen LogP contribution is -2.47. The summed E-state index contributed by atoms with van der Waals surface area (Å²) in [7, 11) is 0. The molecule has 6 nitrogen and oxygen atoms in total. The van der Waals surface area contributed by atoms with Crippen LogP contribution in [-0.2, 0) is 0 Å². The van der Waals surface area contributed by atoms with Crippen molar-refractivity contribution < 1.29 is 9.18 Å². The number of benzene rings is 1. The molecule has 1 amide bonds. The minimum Gasteiger partial charge on any atom is -0.368 e. The Morgan fingerprint density at radius 2 is 1.50 bits per heavy atom. The zero-order chi connectivity index (χ0) is 19.5. The van der Waals surface area contributed by atoms with Crippen LogP contribution in [0.15, 0.2) is 36.7 Å². The van der Waals surface area contributed by atoms with Crippen molar-refractivity contribution in [2.45, 2.75) is 19.8 Å². The standard InChI is InChI=1S/C21H26FN5O/c1-16-6-8-26(9-7-16)20(28)17-14-23-21(24-15-17)27-12-10-25(11-13-27)19-4-2-18(22)3-5-19/h2-5,14-16H,6-13H2,1H3. The van der Waals surface area contributed by atoms with Crippen LogP contribution in [0.25, 0.3) is 0 Å². The number of nitrogens with zero attached hydrogens (tertiary/aromatic N) is 5. The molecule has 0 spiro atoms. The minimum atomic E-state index is -0.218. The van der Waals surface area contributed by atoms with E-state index in [1.165, 1.54) is 12.1 Å². The normalized spacial score (nSPS) is 18.4. The first kappa shape index (κ1) is 18.7. The van der Waals surface area contributed by atoms with Gasteiger partial charge >= 0.3 is 0 Å². The third kappa shape index (κ3) is 4.08. The van der Waals surface area contributed by atoms with Gasteiger partial charge in [-0.1, -0.05) is 6.92 Å². The Labute approximate surface area is 165 Å². The fourth-order valence-corrected chi connectivity index (χ4v) is 3.81. The predicted molar refractivity (Wildman–Crippen MR) is 107 cm³/mol. The lowest BCUT2D eigenvalue weighted by atomic mass is 9.99. The summed E-state index contributed by atoms with van der Waals surface area (Å²) in [6, 6.07) is 6.60. The van der Waals surface area contributed by atoms with Crippen LogP contribution in [0.5, 0.6) is 0 Å². The van der Waals surface area contributed by atoms with Crippen LogP contribution in [0, 0.1) is 11.7 Å². The van der Waals surface area contributed by atoms with E-state index < -0.39 is 0 Å². The van der Waals surface area contributed by atoms with Gasteiger partial charge in [-0.15, -0.1) is 0 Å². The summed E-state index contributed by atoms with van der Waals surface area (Å²) in [6.45, 7) is 7.07. The van der Waals surface area contributed by atoms with Crippen LogP contribution in [0.1, 0.15) is 30.1 Å². The first-order valence-electron chi connectivity index (χ1n) is 9.97. The molecular weight excluding hydrogens is 357 g/mol. The van der Waals surface area contributed by atoms with Gasteiger partial charge in [0.15, 0.2) is 0 Å². The van der Waals surface area contributed by atoms with E-state index in [-0.39, 0.29) is 11.7 Å². The maximum atomic E-state index is 13.1. The Kier molecular flexibility index (Phi) is 5.41. The molecular formula is C21H26FN5O. The maximum Gasteiger partial charge on any atom is 0.256 e. The fourth-order valence-electron chi connectivity index (χ4n) is 3.81. The van der Waals surface area contributed by atoms with Crippen molar-refractivity contribution >= 4 is 17.5 Å². The lowest BCUT2D eigenvalue weighted by Gasteiger charge is -2.36. The van der Waals surface area contributed by atoms with Gasteiger partial charge in [-0.05, 0) is 43.0 Å². The lowest BCUT2D eigenvalue weighted by molar-refractivity contribution is 0.0696. The Bertz CT molecular complexity index is 795. The quantitative estimate of drug-likeness (QED) is 0.816. The summed E-state index contributed by atoms with van der Waals surface area (Å²) >= 11 is 0. The van der Waals surface area contributed by atoms with Crippen LogP contribution < -0.4 is 9.80 Å². The number of hydrogen-bond acceptors (Lipinski definition) is 5. The molecule has 2 fully saturated rings. The highest BCUT2D eigenvalue weighted by atomic mass is 19.1. The first-order valence-corrected chi connectivity index (χ1v) is 9.97. The fraction of sp³-hybridized carbons (Fsp3) is 0.476. The molecule has 0 radical (unpaired) electrons. The van der Waals surface area contributed by atoms with Crippen molar-refractivity contribution in [1.82, 2.24) is 14.9 Å². The number of amides is 1. The Morgan fingerprint density at radius 1 is 0.929 bits per heavy atom. The summed E-state index contributed by atoms with van der Waals surface area (Å²) in [5.74, 6) is 1.16. The van der Waals surface area contributed by atoms with Gasteiger partial charge in [0.1, 0.15) is 5.82 Å². The van der Waals surface area contributed by atoms with E-state index in [1.807, 2.05) is 17.0 Å². The van der Waals surface area contributed by atoms with E-state index in [2.05, 4.69) is 26.7 Å². The van der Waals surface area contributed by atoms with E-state index in [1.54, 1.807) is 12.4 Å². The predicted octanol–water partition coefficient (Wildman–Crippen LogP) is 2.81. The molecule has 2 aliphatic rings. The van der Waals surface area contributed by atoms with E-state index >= 15 is 0 Å². The Morgan fingerprint density at radius 3 is 2.11 bits per heavy atom. The third-order valence-corrected chi connectivity index (χ3v) is 5.71. The zero-order valence-electron chi connectivity index (χ0n) is 16.2. The summed E-state index contributed by atoms with van der Waals surface area (Å²) in [5, 5.41) is 0. The maximum absolute atomic E-state index is 13.1. The Hall–Kier alpha value is -2.70. The molecule has 0 bridgehead atoms. The molecule has 0 aliphatic carbocycles. The molecule has 0 N–H and O–H groups in total. The van der Waals surface area contributed by atoms with Gasteiger partial charge in [-0.2, -0.15) is 0 Å². The van der Waals surface area contributed by atoms with E-state index in [4.69, 9.17) is 0 Å². The second kappa shape index (κ2) is 8.12. The van der Waals surface area contributed by atoms with Crippen molar-refractivity contribution in [3.63, 3.8) is 0 Å². The molecule has 28 heavy (non-hydrogen) atoms. The van der Waals surface area contributed by atoms with Gasteiger partial charge < -0.3 is 14.7 Å². The SMILES string of the molecule is CC1CCN(C(=O)c2cnc(N3CCN(c4ccc(F)cc4)CC3)nc2)CC1. The molecule has 4 rings (SSSR count). The average molecular weight is 383 g/mol. The van der Waals surface area contributed by atoms with E-state index in [9.17, 15) is 9.18 Å². The summed E-state index contributed by atoms with van der Waals surface area (Å²) in [6.07, 6.45) is 5.41. The number of aromatic nitrogens is 2. The molecule has 0 unspecified atom stereocenters. The number of carbonyl (C=O) groups is 1. The summed E-state index contributed by atoms with van der Waals surface area (Å²) in [4.78, 5) is 27.8. The summed E-state index contributed by atoms with van der Waals surface area (Å²) in [5.41, 5.74) is 1.59. The van der Waals surface area contributed by atoms with Crippen LogP contribution >= 0.6 is 0 Å². The van der Waals surface area contributed by atoms with Crippen molar-refractivity contribution in [2.75, 3.05) is 49.1 Å². The van der Waals surface area contributed by atoms with Crippen LogP contribution in [-0.4, -0.2) is 60.0 Å². The third-order valence-electron chi connectivity index (χ3n) is 5.71. The number of anilines is 2. The second-order valence-electron chi connectivity index (χ2n) is 7.70. The van der Waals surface area contributed by atoms with Crippen LogP contribution in [0.4, 0.5) is 16.0 Å². The van der Waals surface area contributed by atoms with Crippen molar-refractivity contribution in [3.8, 4) is 0 Å². The monoisotopic (exact) mass is 383 g/mol. The van der Waals surface area contributed by atoms with Gasteiger partial charge in [0.2, 0.25) is 5.95 Å². The van der Waals surface area contributed by atoms with E-state index in [0.29, 0.717) is 17.4 Å². The first-order chi connectivity index (χ1) is 13.6. The summed E-state index contributed by atoms with van der Waals surface area (Å²) < 4.78 is 13.1. The highest BCUT2D eigenvalue weighted by Gasteiger charge is 2.23. The number of hydrogen-bond donors (Lipinski definition) is 0. The molecule has 3 heterocycles. The number of likely N-dealkylation sites (tertiary alicyclic amines) is 1. The van der Waals surface area contributed by atoms with Gasteiger partial charge in [-0.25, -0.2) is 14.4 Å². The average Bonchev–Trinajstić information content (AvgIpc) is 2.75. The number of rotatable bonds is 3. The smallest absolute Gasteiger partial charge is 0.256 e. The number of piperazine rings is 1. The van der Waals surface area contributed by atoms with Gasteiger partial charge in [-0.3, -0.25) is 4.79 Å². The highest BCUT2D eigenvalue weighted by Crippen LogP contribution is 2.20. The highest BCUT2D eigenvalue weighted by molar-refractivity contribution is 5.93. The van der Waals surface area contributed by atoms with Crippen LogP contribution in [0.3, 0.4) is 0 Å². The van der Waals surface area contributed by atoms with Gasteiger partial charge in [0.25, 0.3) is 5.91 Å². The second-order valence-corrected chi connectivity index (χ2v) is 7.70. The molecule has 1 aromatic heterocycles. The number of halogens is 1. The van der Waals surface area contributed by atoms with Gasteiger partial charge in [0.05, 0.1) is 5.56 Å². The molecule has 148 valence electrons.